The molecule has 0 amide bonds. The zero-order valence-electron chi connectivity index (χ0n) is 47.0. The van der Waals surface area contributed by atoms with Gasteiger partial charge in [-0.05, 0) is 109 Å². The Balaban J connectivity index is 0.000000469. The summed E-state index contributed by atoms with van der Waals surface area (Å²) in [5.41, 5.74) is 6.97. The van der Waals surface area contributed by atoms with E-state index in [1.165, 1.54) is 34.4 Å². The molecule has 0 unspecified atom stereocenters. The third kappa shape index (κ3) is 32.6. The number of hydrogen-bond donors (Lipinski definition) is 6. The second-order valence-electron chi connectivity index (χ2n) is 17.0. The van der Waals surface area contributed by atoms with E-state index in [4.69, 9.17) is 49.2 Å². The monoisotopic (exact) mass is 1080 g/mol. The maximum absolute atomic E-state index is 9.31. The summed E-state index contributed by atoms with van der Waals surface area (Å²) in [4.78, 5) is 2.41. The largest absolute Gasteiger partial charge is 0.491 e. The van der Waals surface area contributed by atoms with Gasteiger partial charge in [-0.3, -0.25) is 0 Å². The van der Waals surface area contributed by atoms with Gasteiger partial charge in [-0.1, -0.05) is 187 Å². The number of hydrogen-bond acceptors (Lipinski definition) is 12. The zero-order chi connectivity index (χ0) is 56.4. The number of unbranched alkanes of at least 4 members (excludes halogenated alkanes) is 1. The van der Waals surface area contributed by atoms with Gasteiger partial charge in [0.25, 0.3) is 0 Å². The number of aliphatic hydroxyl groups is 6. The van der Waals surface area contributed by atoms with Crippen LogP contribution >= 0.6 is 11.8 Å². The normalized spacial score (nSPS) is 10.2. The lowest BCUT2D eigenvalue weighted by Gasteiger charge is -2.10. The number of allylic oxidation sites excluding steroid dienone is 1. The van der Waals surface area contributed by atoms with Crippen molar-refractivity contribution in [2.75, 3.05) is 66.1 Å². The third-order valence-corrected chi connectivity index (χ3v) is 11.8. The summed E-state index contributed by atoms with van der Waals surface area (Å²) >= 11 is 1.73. The van der Waals surface area contributed by atoms with Crippen LogP contribution in [0.1, 0.15) is 113 Å². The Morgan fingerprint density at radius 2 is 0.896 bits per heavy atom. The van der Waals surface area contributed by atoms with Crippen LogP contribution in [0.4, 0.5) is 0 Å². The SMILES string of the molecule is CC/C=C/c1ccccc1OCCO.CCCCc1ccccc1OCCO.CCCOCCO.CCCOc1ccccc1OCCO.CCCc1cccc(CO)c1.CCc1ccccc1Sc1ccccc1CO. The maximum Gasteiger partial charge on any atom is 0.161 e. The number of ether oxygens (including phenoxy) is 5. The van der Waals surface area contributed by atoms with Crippen molar-refractivity contribution in [3.05, 3.63) is 185 Å². The molecule has 0 fully saturated rings. The Morgan fingerprint density at radius 3 is 1.44 bits per heavy atom. The number of benzene rings is 6. The van der Waals surface area contributed by atoms with Crippen LogP contribution in [0.3, 0.4) is 0 Å². The molecule has 6 N–H and O–H groups in total. The first-order valence-electron chi connectivity index (χ1n) is 27.4. The van der Waals surface area contributed by atoms with Crippen LogP contribution in [0.25, 0.3) is 6.08 Å². The molecule has 6 rings (SSSR count). The van der Waals surface area contributed by atoms with Gasteiger partial charge in [0.1, 0.15) is 31.3 Å². The van der Waals surface area contributed by atoms with Crippen molar-refractivity contribution < 1.29 is 54.3 Å². The highest BCUT2D eigenvalue weighted by molar-refractivity contribution is 7.99. The van der Waals surface area contributed by atoms with Gasteiger partial charge in [-0.2, -0.15) is 0 Å². The topological polar surface area (TPSA) is 168 Å². The summed E-state index contributed by atoms with van der Waals surface area (Å²) in [6.45, 7) is 16.1. The van der Waals surface area contributed by atoms with Crippen molar-refractivity contribution >= 4 is 17.8 Å². The van der Waals surface area contributed by atoms with E-state index >= 15 is 0 Å². The van der Waals surface area contributed by atoms with Crippen molar-refractivity contribution in [1.29, 1.82) is 0 Å². The molecule has 77 heavy (non-hydrogen) atoms. The van der Waals surface area contributed by atoms with Gasteiger partial charge in [-0.15, -0.1) is 0 Å². The standard InChI is InChI=1S/C15H16OS.C12H18O2.C12H16O2.C11H16O3.C10H14O.C5H12O2/c1-2-12-7-3-5-9-14(12)17-15-10-6-4-8-13(15)11-16;2*1-2-3-6-11-7-4-5-8-12(11)14-10-9-13;1-2-8-13-10-5-3-4-6-11(10)14-9-7-12;1-2-4-9-5-3-6-10(7-9)8-11;1-2-4-7-5-3-6/h3-10,16H,2,11H2,1H3;4-5,7-8,13H,2-3,6,9-10H2,1H3;3-8,13H,2,9-10H2,1H3;3-6,12H,2,7-9H2,1H3;3,5-7,11H,2,4,8H2,1H3;6H,2-5H2,1H3/b;;6-3+;;;. The molecule has 0 atom stereocenters. The molecule has 11 nitrogen and oxygen atoms in total. The fourth-order valence-electron chi connectivity index (χ4n) is 6.81. The van der Waals surface area contributed by atoms with Gasteiger partial charge in [0.15, 0.2) is 11.5 Å². The summed E-state index contributed by atoms with van der Waals surface area (Å²) in [6, 6.07) is 47.8. The molecule has 12 heteroatoms. The third-order valence-electron chi connectivity index (χ3n) is 10.6. The molecule has 0 radical (unpaired) electrons. The number of rotatable bonds is 28. The van der Waals surface area contributed by atoms with E-state index in [1.54, 1.807) is 11.8 Å². The average molecular weight is 1080 g/mol. The first-order valence-corrected chi connectivity index (χ1v) is 28.2. The molecule has 0 saturated heterocycles. The Kier molecular flexibility index (Phi) is 43.8. The van der Waals surface area contributed by atoms with Crippen molar-refractivity contribution in [3.8, 4) is 23.0 Å². The van der Waals surface area contributed by atoms with E-state index < -0.39 is 0 Å². The van der Waals surface area contributed by atoms with Gasteiger partial charge in [-0.25, -0.2) is 0 Å². The second-order valence-corrected chi connectivity index (χ2v) is 18.0. The van der Waals surface area contributed by atoms with E-state index in [0.717, 1.165) is 90.4 Å². The molecule has 6 aromatic carbocycles. The number of para-hydroxylation sites is 4. The fourth-order valence-corrected chi connectivity index (χ4v) is 7.95. The smallest absolute Gasteiger partial charge is 0.161 e. The first-order chi connectivity index (χ1) is 37.8. The van der Waals surface area contributed by atoms with Gasteiger partial charge in [0, 0.05) is 22.0 Å². The first kappa shape index (κ1) is 69.3. The Bertz CT molecular complexity index is 2180. The Labute approximate surface area is 466 Å². The summed E-state index contributed by atoms with van der Waals surface area (Å²) in [5.74, 6) is 3.17. The van der Waals surface area contributed by atoms with Crippen LogP contribution in [0.15, 0.2) is 161 Å². The van der Waals surface area contributed by atoms with Crippen molar-refractivity contribution in [2.45, 2.75) is 122 Å². The van der Waals surface area contributed by atoms with E-state index in [-0.39, 0.29) is 39.6 Å². The van der Waals surface area contributed by atoms with Crippen LogP contribution in [0, 0.1) is 0 Å². The molecule has 0 heterocycles. The van der Waals surface area contributed by atoms with E-state index in [1.807, 2.05) is 110 Å². The minimum Gasteiger partial charge on any atom is -0.491 e. The lowest BCUT2D eigenvalue weighted by molar-refractivity contribution is 0.0928. The predicted octanol–water partition coefficient (Wildman–Crippen LogP) is 13.2. The molecule has 424 valence electrons. The highest BCUT2D eigenvalue weighted by Gasteiger charge is 2.07. The summed E-state index contributed by atoms with van der Waals surface area (Å²) in [6.07, 6.45) is 13.8. The molecular formula is C65H92O11S. The van der Waals surface area contributed by atoms with Gasteiger partial charge >= 0.3 is 0 Å². The van der Waals surface area contributed by atoms with Gasteiger partial charge in [0.05, 0.1) is 52.9 Å². The lowest BCUT2D eigenvalue weighted by Crippen LogP contribution is -2.04. The molecule has 0 bridgehead atoms. The molecule has 0 aliphatic rings. The van der Waals surface area contributed by atoms with Crippen LogP contribution in [-0.2, 0) is 37.2 Å². The van der Waals surface area contributed by atoms with Crippen LogP contribution in [0.5, 0.6) is 23.0 Å². The van der Waals surface area contributed by atoms with Crippen LogP contribution in [-0.4, -0.2) is 96.7 Å². The van der Waals surface area contributed by atoms with E-state index in [0.29, 0.717) is 38.8 Å². The summed E-state index contributed by atoms with van der Waals surface area (Å²) in [7, 11) is 0. The number of aliphatic hydroxyl groups excluding tert-OH is 6. The van der Waals surface area contributed by atoms with Crippen molar-refractivity contribution in [3.63, 3.8) is 0 Å². The van der Waals surface area contributed by atoms with Crippen LogP contribution < -0.4 is 18.9 Å². The fraction of sp³-hybridized carbons (Fsp3) is 0.415. The average Bonchev–Trinajstić information content (AvgIpc) is 3.48. The summed E-state index contributed by atoms with van der Waals surface area (Å²) in [5, 5.41) is 52.3. The molecule has 6 aromatic rings. The Hall–Kier alpha value is -5.67. The molecule has 0 spiro atoms. The Morgan fingerprint density at radius 1 is 0.403 bits per heavy atom. The van der Waals surface area contributed by atoms with Crippen molar-refractivity contribution in [2.24, 2.45) is 0 Å². The lowest BCUT2D eigenvalue weighted by atomic mass is 10.1. The van der Waals surface area contributed by atoms with Gasteiger partial charge in [0.2, 0.25) is 0 Å². The quantitative estimate of drug-likeness (QED) is 0.0258. The number of aryl methyl sites for hydroxylation is 3. The van der Waals surface area contributed by atoms with Gasteiger partial charge < -0.3 is 54.3 Å². The van der Waals surface area contributed by atoms with E-state index in [9.17, 15) is 5.11 Å². The molecule has 0 aromatic heterocycles. The molecular weight excluding hydrogens is 989 g/mol. The maximum atomic E-state index is 9.31. The van der Waals surface area contributed by atoms with Crippen molar-refractivity contribution in [1.82, 2.24) is 0 Å². The zero-order valence-corrected chi connectivity index (χ0v) is 47.8. The molecule has 0 aliphatic heterocycles. The predicted molar refractivity (Wildman–Crippen MR) is 318 cm³/mol. The van der Waals surface area contributed by atoms with E-state index in [2.05, 4.69) is 89.2 Å². The molecule has 0 saturated carbocycles. The van der Waals surface area contributed by atoms with Crippen LogP contribution in [0.2, 0.25) is 0 Å². The summed E-state index contributed by atoms with van der Waals surface area (Å²) < 4.78 is 26.5. The minimum atomic E-state index is 0.0160. The second kappa shape index (κ2) is 48.7. The highest BCUT2D eigenvalue weighted by Crippen LogP contribution is 2.33. The minimum absolute atomic E-state index is 0.0160. The highest BCUT2D eigenvalue weighted by atomic mass is 32.2. The molecule has 0 aliphatic carbocycles.